The Morgan fingerprint density at radius 3 is 2.69 bits per heavy atom. The highest BCUT2D eigenvalue weighted by Gasteiger charge is 2.21. The van der Waals surface area contributed by atoms with E-state index < -0.39 is 5.25 Å². The van der Waals surface area contributed by atoms with Crippen molar-refractivity contribution in [2.24, 2.45) is 0 Å². The maximum absolute atomic E-state index is 12.5. The molecule has 8 nitrogen and oxygen atoms in total. The fraction of sp³-hybridized carbons (Fsp3) is 0.176. The molecule has 0 aliphatic rings. The third kappa shape index (κ3) is 3.62. The van der Waals surface area contributed by atoms with Crippen LogP contribution < -0.4 is 11.2 Å². The minimum absolute atomic E-state index is 0.119. The second-order valence-corrected chi connectivity index (χ2v) is 6.81. The molecule has 0 bridgehead atoms. The van der Waals surface area contributed by atoms with Crippen LogP contribution in [0, 0.1) is 0 Å². The Labute approximate surface area is 153 Å². The number of nitrogens with zero attached hydrogens (tertiary/aromatic N) is 3. The molecule has 1 aromatic carbocycles. The molecule has 0 fully saturated rings. The number of anilines is 1. The number of benzene rings is 1. The topological polar surface area (TPSA) is 116 Å². The highest BCUT2D eigenvalue weighted by Crippen LogP contribution is 2.26. The number of nitrogens with one attached hydrogen (secondary N) is 1. The summed E-state index contributed by atoms with van der Waals surface area (Å²) in [5, 5.41) is 10.6. The van der Waals surface area contributed by atoms with Crippen LogP contribution in [-0.2, 0) is 4.79 Å². The first-order valence-electron chi connectivity index (χ1n) is 7.79. The normalized spacial score (nSPS) is 11.9. The fourth-order valence-electron chi connectivity index (χ4n) is 2.28. The van der Waals surface area contributed by atoms with Gasteiger partial charge in [0.2, 0.25) is 16.9 Å². The number of hydrogen-bond donors (Lipinski definition) is 2. The van der Waals surface area contributed by atoms with E-state index in [1.807, 2.05) is 0 Å². The molecule has 0 aliphatic heterocycles. The molecule has 0 unspecified atom stereocenters. The lowest BCUT2D eigenvalue weighted by atomic mass is 10.1. The first kappa shape index (κ1) is 17.7. The number of aromatic nitrogens is 3. The van der Waals surface area contributed by atoms with Crippen LogP contribution in [0.25, 0.3) is 11.6 Å². The number of nitrogens with two attached hydrogens (primary N) is 1. The minimum atomic E-state index is -0.508. The van der Waals surface area contributed by atoms with Gasteiger partial charge in [0.1, 0.15) is 0 Å². The number of rotatable bonds is 6. The smallest absolute Gasteiger partial charge is 0.237 e. The van der Waals surface area contributed by atoms with Gasteiger partial charge in [0, 0.05) is 5.56 Å². The molecule has 0 radical (unpaired) electrons. The summed E-state index contributed by atoms with van der Waals surface area (Å²) >= 11 is 1.16. The molecule has 1 amide bonds. The zero-order chi connectivity index (χ0) is 18.7. The van der Waals surface area contributed by atoms with E-state index in [-0.39, 0.29) is 11.7 Å². The zero-order valence-corrected chi connectivity index (χ0v) is 15.0. The van der Waals surface area contributed by atoms with Crippen molar-refractivity contribution in [2.75, 3.05) is 11.2 Å². The Bertz CT molecular complexity index is 936. The first-order chi connectivity index (χ1) is 12.5. The van der Waals surface area contributed by atoms with Crippen molar-refractivity contribution in [2.45, 2.75) is 24.3 Å². The average Bonchev–Trinajstić information content (AvgIpc) is 3.25. The van der Waals surface area contributed by atoms with Gasteiger partial charge in [-0.2, -0.15) is 0 Å². The summed E-state index contributed by atoms with van der Waals surface area (Å²) < 4.78 is 6.53. The largest absolute Gasteiger partial charge is 0.461 e. The van der Waals surface area contributed by atoms with E-state index in [0.29, 0.717) is 28.0 Å². The van der Waals surface area contributed by atoms with Gasteiger partial charge in [-0.25, -0.2) is 4.68 Å². The number of hydrogen-bond acceptors (Lipinski definition) is 7. The van der Waals surface area contributed by atoms with Gasteiger partial charge >= 0.3 is 0 Å². The summed E-state index contributed by atoms with van der Waals surface area (Å²) in [7, 11) is 0. The van der Waals surface area contributed by atoms with Gasteiger partial charge in [-0.05, 0) is 38.1 Å². The lowest BCUT2D eigenvalue weighted by Gasteiger charge is -2.13. The number of furan rings is 1. The SMILES string of the molecule is CC(=O)c1ccccc1NC(=O)[C@H](C)Sc1nnc(-c2ccco2)n1N. The second-order valence-electron chi connectivity index (χ2n) is 5.50. The zero-order valence-electron chi connectivity index (χ0n) is 14.2. The Balaban J connectivity index is 1.72. The van der Waals surface area contributed by atoms with Crippen LogP contribution in [0.5, 0.6) is 0 Å². The van der Waals surface area contributed by atoms with Gasteiger partial charge in [0.05, 0.1) is 17.2 Å². The first-order valence-corrected chi connectivity index (χ1v) is 8.67. The molecule has 0 spiro atoms. The van der Waals surface area contributed by atoms with Crippen LogP contribution in [0.1, 0.15) is 24.2 Å². The fourth-order valence-corrected chi connectivity index (χ4v) is 3.05. The van der Waals surface area contributed by atoms with E-state index in [0.717, 1.165) is 11.8 Å². The lowest BCUT2D eigenvalue weighted by Crippen LogP contribution is -2.24. The number of ketones is 1. The number of amides is 1. The van der Waals surface area contributed by atoms with E-state index >= 15 is 0 Å². The molecular weight excluding hydrogens is 354 g/mol. The van der Waals surface area contributed by atoms with Gasteiger partial charge in [0.15, 0.2) is 11.5 Å². The van der Waals surface area contributed by atoms with Crippen molar-refractivity contribution in [3.8, 4) is 11.6 Å². The molecular formula is C17H17N5O3S. The minimum Gasteiger partial charge on any atom is -0.461 e. The second kappa shape index (κ2) is 7.44. The molecule has 0 saturated carbocycles. The molecule has 0 saturated heterocycles. The summed E-state index contributed by atoms with van der Waals surface area (Å²) in [5.74, 6) is 6.46. The number of carbonyl (C=O) groups is 2. The highest BCUT2D eigenvalue weighted by molar-refractivity contribution is 8.00. The molecule has 2 heterocycles. The van der Waals surface area contributed by atoms with Gasteiger partial charge in [-0.15, -0.1) is 10.2 Å². The van der Waals surface area contributed by atoms with Crippen molar-refractivity contribution < 1.29 is 14.0 Å². The van der Waals surface area contributed by atoms with E-state index in [1.165, 1.54) is 17.9 Å². The summed E-state index contributed by atoms with van der Waals surface area (Å²) in [4.78, 5) is 24.1. The molecule has 2 aromatic heterocycles. The average molecular weight is 371 g/mol. The molecule has 3 aromatic rings. The maximum atomic E-state index is 12.5. The monoisotopic (exact) mass is 371 g/mol. The van der Waals surface area contributed by atoms with Crippen LogP contribution in [0.15, 0.2) is 52.2 Å². The summed E-state index contributed by atoms with van der Waals surface area (Å²) in [5.41, 5.74) is 0.933. The van der Waals surface area contributed by atoms with E-state index in [1.54, 1.807) is 43.3 Å². The van der Waals surface area contributed by atoms with Crippen molar-refractivity contribution >= 4 is 29.1 Å². The Morgan fingerprint density at radius 1 is 1.23 bits per heavy atom. The van der Waals surface area contributed by atoms with E-state index in [2.05, 4.69) is 15.5 Å². The molecule has 26 heavy (non-hydrogen) atoms. The summed E-state index contributed by atoms with van der Waals surface area (Å²) in [6, 6.07) is 10.3. The van der Waals surface area contributed by atoms with Gasteiger partial charge < -0.3 is 15.6 Å². The molecule has 9 heteroatoms. The highest BCUT2D eigenvalue weighted by atomic mass is 32.2. The molecule has 3 N–H and O–H groups in total. The van der Waals surface area contributed by atoms with Gasteiger partial charge in [0.25, 0.3) is 0 Å². The van der Waals surface area contributed by atoms with E-state index in [4.69, 9.17) is 10.3 Å². The number of thioether (sulfide) groups is 1. The Kier molecular flexibility index (Phi) is 5.08. The van der Waals surface area contributed by atoms with Crippen LogP contribution in [0.2, 0.25) is 0 Å². The van der Waals surface area contributed by atoms with Crippen LogP contribution >= 0.6 is 11.8 Å². The van der Waals surface area contributed by atoms with Crippen LogP contribution in [-0.4, -0.2) is 31.8 Å². The van der Waals surface area contributed by atoms with Gasteiger partial charge in [-0.3, -0.25) is 9.59 Å². The number of para-hydroxylation sites is 1. The number of Topliss-reactive ketones (excluding diaryl/α,β-unsaturated/α-hetero) is 1. The maximum Gasteiger partial charge on any atom is 0.237 e. The summed E-state index contributed by atoms with van der Waals surface area (Å²) in [6.45, 7) is 3.17. The number of nitrogen functional groups attached to an aromatic ring is 1. The standard InChI is InChI=1S/C17H17N5O3S/c1-10(23)12-6-3-4-7-13(12)19-16(24)11(2)26-17-21-20-15(22(17)18)14-8-5-9-25-14/h3-9,11H,18H2,1-2H3,(H,19,24)/t11-/m0/s1. The molecule has 134 valence electrons. The van der Waals surface area contributed by atoms with Crippen LogP contribution in [0.3, 0.4) is 0 Å². The summed E-state index contributed by atoms with van der Waals surface area (Å²) in [6.07, 6.45) is 1.51. The predicted molar refractivity (Wildman–Crippen MR) is 98.3 cm³/mol. The Morgan fingerprint density at radius 2 is 2.00 bits per heavy atom. The molecule has 3 rings (SSSR count). The third-order valence-corrected chi connectivity index (χ3v) is 4.68. The van der Waals surface area contributed by atoms with Gasteiger partial charge in [-0.1, -0.05) is 23.9 Å². The third-order valence-electron chi connectivity index (χ3n) is 3.62. The Hall–Kier alpha value is -3.07. The number of carbonyl (C=O) groups excluding carboxylic acids is 2. The molecule has 0 aliphatic carbocycles. The van der Waals surface area contributed by atoms with Crippen LogP contribution in [0.4, 0.5) is 5.69 Å². The van der Waals surface area contributed by atoms with Crippen molar-refractivity contribution in [3.63, 3.8) is 0 Å². The predicted octanol–water partition coefficient (Wildman–Crippen LogP) is 2.57. The quantitative estimate of drug-likeness (QED) is 0.388. The molecule has 1 atom stereocenters. The van der Waals surface area contributed by atoms with Crippen molar-refractivity contribution in [3.05, 3.63) is 48.2 Å². The van der Waals surface area contributed by atoms with E-state index in [9.17, 15) is 9.59 Å². The van der Waals surface area contributed by atoms with Crippen molar-refractivity contribution in [1.29, 1.82) is 0 Å². The van der Waals surface area contributed by atoms with Crippen molar-refractivity contribution in [1.82, 2.24) is 14.9 Å². The lowest BCUT2D eigenvalue weighted by molar-refractivity contribution is -0.115.